The molecule has 1 amide bonds. The van der Waals surface area contributed by atoms with Crippen LogP contribution in [0.3, 0.4) is 0 Å². The fourth-order valence-corrected chi connectivity index (χ4v) is 1.99. The minimum atomic E-state index is -0.296. The van der Waals surface area contributed by atoms with Gasteiger partial charge in [0.25, 0.3) is 0 Å². The number of nitrogen functional groups attached to an aromatic ring is 1. The first-order valence-electron chi connectivity index (χ1n) is 6.38. The second-order valence-electron chi connectivity index (χ2n) is 4.76. The molecule has 0 aliphatic rings. The summed E-state index contributed by atoms with van der Waals surface area (Å²) < 4.78 is 13.1. The topological polar surface area (TPSA) is 46.3 Å². The number of carbonyl (C=O) groups is 1. The van der Waals surface area contributed by atoms with Gasteiger partial charge in [-0.1, -0.05) is 30.3 Å². The number of para-hydroxylation sites is 1. The molecule has 0 fully saturated rings. The molecule has 2 aromatic rings. The molecule has 0 radical (unpaired) electrons. The van der Waals surface area contributed by atoms with E-state index in [9.17, 15) is 9.18 Å². The van der Waals surface area contributed by atoms with Gasteiger partial charge < -0.3 is 10.6 Å². The summed E-state index contributed by atoms with van der Waals surface area (Å²) in [5, 5.41) is 0. The molecule has 0 bridgehead atoms. The number of likely N-dealkylation sites (N-methyl/N-ethyl adjacent to an activating group) is 1. The molecule has 0 heterocycles. The molecule has 2 N–H and O–H groups in total. The lowest BCUT2D eigenvalue weighted by atomic mass is 10.1. The van der Waals surface area contributed by atoms with Crippen LogP contribution < -0.4 is 5.73 Å². The van der Waals surface area contributed by atoms with Crippen molar-refractivity contribution in [2.45, 2.75) is 13.0 Å². The number of nitrogens with zero attached hydrogens (tertiary/aromatic N) is 1. The third kappa shape index (κ3) is 3.57. The third-order valence-electron chi connectivity index (χ3n) is 3.13. The first kappa shape index (κ1) is 14.1. The largest absolute Gasteiger partial charge is 0.398 e. The van der Waals surface area contributed by atoms with E-state index in [0.717, 1.165) is 11.1 Å². The fraction of sp³-hybridized carbons (Fsp3) is 0.188. The van der Waals surface area contributed by atoms with Gasteiger partial charge in [-0.2, -0.15) is 0 Å². The Morgan fingerprint density at radius 3 is 2.65 bits per heavy atom. The number of hydrogen-bond acceptors (Lipinski definition) is 2. The van der Waals surface area contributed by atoms with Gasteiger partial charge in [-0.3, -0.25) is 4.79 Å². The smallest absolute Gasteiger partial charge is 0.227 e. The molecule has 2 rings (SSSR count). The van der Waals surface area contributed by atoms with Crippen LogP contribution in [0.25, 0.3) is 0 Å². The summed E-state index contributed by atoms with van der Waals surface area (Å²) in [7, 11) is 1.70. The van der Waals surface area contributed by atoms with Crippen LogP contribution in [0.4, 0.5) is 10.1 Å². The van der Waals surface area contributed by atoms with Crippen molar-refractivity contribution in [3.8, 4) is 0 Å². The molecule has 0 atom stereocenters. The van der Waals surface area contributed by atoms with Crippen molar-refractivity contribution in [3.63, 3.8) is 0 Å². The Balaban J connectivity index is 2.01. The number of benzene rings is 2. The van der Waals surface area contributed by atoms with Gasteiger partial charge in [-0.15, -0.1) is 0 Å². The number of hydrogen-bond donors (Lipinski definition) is 1. The summed E-state index contributed by atoms with van der Waals surface area (Å²) in [4.78, 5) is 13.7. The van der Waals surface area contributed by atoms with Crippen LogP contribution in [0.5, 0.6) is 0 Å². The lowest BCUT2D eigenvalue weighted by Gasteiger charge is -2.18. The van der Waals surface area contributed by atoms with Gasteiger partial charge in [0.15, 0.2) is 0 Å². The van der Waals surface area contributed by atoms with Gasteiger partial charge in [0.05, 0.1) is 6.42 Å². The molecule has 0 saturated heterocycles. The molecule has 0 aliphatic heterocycles. The monoisotopic (exact) mass is 272 g/mol. The Kier molecular flexibility index (Phi) is 4.35. The zero-order valence-electron chi connectivity index (χ0n) is 11.3. The van der Waals surface area contributed by atoms with E-state index in [1.807, 2.05) is 18.2 Å². The van der Waals surface area contributed by atoms with E-state index in [2.05, 4.69) is 0 Å². The predicted octanol–water partition coefficient (Wildman–Crippen LogP) is 2.61. The van der Waals surface area contributed by atoms with Crippen LogP contribution in [0.1, 0.15) is 11.1 Å². The molecule has 0 unspecified atom stereocenters. The molecular weight excluding hydrogens is 255 g/mol. The molecular formula is C16H17FN2O. The maximum absolute atomic E-state index is 13.1. The maximum atomic E-state index is 13.1. The number of halogens is 1. The molecule has 4 heteroatoms. The van der Waals surface area contributed by atoms with Crippen LogP contribution in [-0.4, -0.2) is 17.9 Å². The second-order valence-corrected chi connectivity index (χ2v) is 4.76. The van der Waals surface area contributed by atoms with Crippen molar-refractivity contribution < 1.29 is 9.18 Å². The van der Waals surface area contributed by atoms with Crippen molar-refractivity contribution in [1.29, 1.82) is 0 Å². The van der Waals surface area contributed by atoms with E-state index < -0.39 is 0 Å². The Hall–Kier alpha value is -2.36. The Bertz CT molecular complexity index is 613. The highest BCUT2D eigenvalue weighted by Gasteiger charge is 2.11. The predicted molar refractivity (Wildman–Crippen MR) is 77.4 cm³/mol. The molecule has 0 aliphatic carbocycles. The molecule has 104 valence electrons. The third-order valence-corrected chi connectivity index (χ3v) is 3.13. The Morgan fingerprint density at radius 2 is 1.95 bits per heavy atom. The van der Waals surface area contributed by atoms with Crippen molar-refractivity contribution in [2.24, 2.45) is 0 Å². The number of amides is 1. The van der Waals surface area contributed by atoms with Crippen molar-refractivity contribution in [3.05, 3.63) is 65.5 Å². The first-order chi connectivity index (χ1) is 9.56. The standard InChI is InChI=1S/C16H17FN2O/c1-19(11-12-5-4-7-14(17)9-12)16(20)10-13-6-2-3-8-15(13)18/h2-9H,10-11,18H2,1H3. The van der Waals surface area contributed by atoms with Gasteiger partial charge in [0.1, 0.15) is 5.82 Å². The van der Waals surface area contributed by atoms with Crippen LogP contribution in [0, 0.1) is 5.82 Å². The highest BCUT2D eigenvalue weighted by atomic mass is 19.1. The van der Waals surface area contributed by atoms with Crippen molar-refractivity contribution in [2.75, 3.05) is 12.8 Å². The van der Waals surface area contributed by atoms with Crippen LogP contribution in [-0.2, 0) is 17.8 Å². The minimum Gasteiger partial charge on any atom is -0.398 e. The van der Waals surface area contributed by atoms with Crippen LogP contribution >= 0.6 is 0 Å². The molecule has 3 nitrogen and oxygen atoms in total. The van der Waals surface area contributed by atoms with E-state index in [4.69, 9.17) is 5.73 Å². The van der Waals surface area contributed by atoms with E-state index in [1.54, 1.807) is 30.1 Å². The average Bonchev–Trinajstić information content (AvgIpc) is 2.41. The van der Waals surface area contributed by atoms with Gasteiger partial charge >= 0.3 is 0 Å². The van der Waals surface area contributed by atoms with Gasteiger partial charge in [-0.25, -0.2) is 4.39 Å². The van der Waals surface area contributed by atoms with Crippen LogP contribution in [0.15, 0.2) is 48.5 Å². The lowest BCUT2D eigenvalue weighted by Crippen LogP contribution is -2.28. The minimum absolute atomic E-state index is 0.0489. The van der Waals surface area contributed by atoms with Crippen molar-refractivity contribution >= 4 is 11.6 Å². The first-order valence-corrected chi connectivity index (χ1v) is 6.38. The zero-order valence-corrected chi connectivity index (χ0v) is 11.3. The SMILES string of the molecule is CN(Cc1cccc(F)c1)C(=O)Cc1ccccc1N. The highest BCUT2D eigenvalue weighted by molar-refractivity contribution is 5.80. The van der Waals surface area contributed by atoms with E-state index in [1.165, 1.54) is 12.1 Å². The summed E-state index contributed by atoms with van der Waals surface area (Å²) >= 11 is 0. The Labute approximate surface area is 117 Å². The van der Waals surface area contributed by atoms with Gasteiger partial charge in [0.2, 0.25) is 5.91 Å². The molecule has 2 aromatic carbocycles. The average molecular weight is 272 g/mol. The number of anilines is 1. The fourth-order valence-electron chi connectivity index (χ4n) is 1.99. The summed E-state index contributed by atoms with van der Waals surface area (Å²) in [6.07, 6.45) is 0.249. The normalized spacial score (nSPS) is 10.3. The number of carbonyl (C=O) groups excluding carboxylic acids is 1. The Morgan fingerprint density at radius 1 is 1.20 bits per heavy atom. The highest BCUT2D eigenvalue weighted by Crippen LogP contribution is 2.13. The zero-order chi connectivity index (χ0) is 14.5. The summed E-state index contributed by atoms with van der Waals surface area (Å²) in [6.45, 7) is 0.378. The molecule has 20 heavy (non-hydrogen) atoms. The molecule has 0 aromatic heterocycles. The van der Waals surface area contributed by atoms with Gasteiger partial charge in [0, 0.05) is 19.3 Å². The lowest BCUT2D eigenvalue weighted by molar-refractivity contribution is -0.129. The summed E-state index contributed by atoms with van der Waals surface area (Å²) in [6, 6.07) is 13.5. The molecule has 0 saturated carbocycles. The second kappa shape index (κ2) is 6.19. The van der Waals surface area contributed by atoms with E-state index >= 15 is 0 Å². The number of rotatable bonds is 4. The quantitative estimate of drug-likeness (QED) is 0.870. The van der Waals surface area contributed by atoms with Crippen LogP contribution in [0.2, 0.25) is 0 Å². The van der Waals surface area contributed by atoms with Crippen molar-refractivity contribution in [1.82, 2.24) is 4.90 Å². The maximum Gasteiger partial charge on any atom is 0.227 e. The molecule has 0 spiro atoms. The van der Waals surface area contributed by atoms with Gasteiger partial charge in [-0.05, 0) is 29.3 Å². The number of nitrogens with two attached hydrogens (primary N) is 1. The summed E-state index contributed by atoms with van der Waals surface area (Å²) in [5.74, 6) is -0.345. The van der Waals surface area contributed by atoms with E-state index in [-0.39, 0.29) is 18.1 Å². The van der Waals surface area contributed by atoms with E-state index in [0.29, 0.717) is 12.2 Å². The summed E-state index contributed by atoms with van der Waals surface area (Å²) in [5.41, 5.74) is 8.01.